The summed E-state index contributed by atoms with van der Waals surface area (Å²) in [7, 11) is -4.63. The molecule has 0 rings (SSSR count). The van der Waals surface area contributed by atoms with E-state index in [9.17, 15) is 0 Å². The largest absolute Gasteiger partial charge is 0.332 e. The van der Waals surface area contributed by atoms with E-state index in [2.05, 4.69) is 83.1 Å². The Morgan fingerprint density at radius 3 is 0.190 bits per heavy atom. The monoisotopic (exact) mass is 2070 g/mol. The molecule has 0 saturated heterocycles. The Hall–Kier alpha value is 1.73. The molecule has 0 aromatic rings. The van der Waals surface area contributed by atoms with Crippen molar-refractivity contribution in [3.63, 3.8) is 0 Å². The van der Waals surface area contributed by atoms with Gasteiger partial charge in [-0.05, 0) is 77.0 Å². The molecule has 0 radical (unpaired) electrons. The minimum absolute atomic E-state index is 0. The number of hydrogen-bond donors (Lipinski definition) is 0. The molecule has 0 fully saturated rings. The fourth-order valence-corrected chi connectivity index (χ4v) is 21.2. The molecule has 0 aliphatic heterocycles. The van der Waals surface area contributed by atoms with Crippen molar-refractivity contribution in [1.29, 1.82) is 0 Å². The van der Waals surface area contributed by atoms with Gasteiger partial charge in [-0.1, -0.05) is 622 Å². The molecule has 0 aliphatic carbocycles. The number of hydrogen-bond acceptors (Lipinski definition) is 12. The molecule has 834 valence electrons. The van der Waals surface area contributed by atoms with Gasteiger partial charge in [-0.15, -0.1) is 0 Å². The molecule has 137 heavy (non-hydrogen) atoms. The maximum Gasteiger partial charge on any atom is 0.332 e. The number of rotatable bonds is 120. The average Bonchev–Trinajstić information content (AvgIpc) is 1.01. The van der Waals surface area contributed by atoms with Crippen molar-refractivity contribution in [2.75, 3.05) is 79.3 Å². The van der Waals surface area contributed by atoms with Gasteiger partial charge in [0.1, 0.15) is 0 Å². The zero-order chi connectivity index (χ0) is 99.2. The van der Waals surface area contributed by atoms with Crippen LogP contribution in [0.4, 0.5) is 0 Å². The summed E-state index contributed by atoms with van der Waals surface area (Å²) < 4.78 is 72.6. The van der Waals surface area contributed by atoms with Crippen molar-refractivity contribution in [2.24, 2.45) is 0 Å². The molecule has 0 aromatic heterocycles. The zero-order valence-electron chi connectivity index (χ0n) is 95.4. The summed E-state index contributed by atoms with van der Waals surface area (Å²) in [6, 6.07) is 0. The van der Waals surface area contributed by atoms with Crippen LogP contribution in [0, 0.1) is 0 Å². The van der Waals surface area contributed by atoms with Gasteiger partial charge >= 0.3 is 34.4 Å². The van der Waals surface area contributed by atoms with E-state index in [1.165, 1.54) is 539 Å². The molecule has 0 bridgehead atoms. The van der Waals surface area contributed by atoms with Crippen LogP contribution < -0.4 is 0 Å². The Bertz CT molecular complexity index is 1480. The average molecular weight is 2070 g/mol. The molecule has 12 nitrogen and oxygen atoms in total. The Kier molecular flexibility index (Phi) is 155. The molecule has 0 heterocycles. The molecule has 0 aliphatic rings. The van der Waals surface area contributed by atoms with E-state index in [1.807, 2.05) is 0 Å². The van der Waals surface area contributed by atoms with Crippen LogP contribution in [0.25, 0.3) is 0 Å². The third kappa shape index (κ3) is 142. The summed E-state index contributed by atoms with van der Waals surface area (Å²) in [5, 5.41) is 0. The van der Waals surface area contributed by atoms with Crippen molar-refractivity contribution in [1.82, 2.24) is 0 Å². The summed E-state index contributed by atoms with van der Waals surface area (Å²) in [5.41, 5.74) is 0. The van der Waals surface area contributed by atoms with Gasteiger partial charge in [-0.3, -0.25) is 0 Å². The minimum Gasteiger partial charge on any atom is -0.312 e. The quantitative estimate of drug-likeness (QED) is 0.0328. The van der Waals surface area contributed by atoms with Crippen molar-refractivity contribution in [3.8, 4) is 0 Å². The minimum atomic E-state index is -1.16. The van der Waals surface area contributed by atoms with Gasteiger partial charge in [0.2, 0.25) is 0 Å². The molecule has 0 N–H and O–H groups in total. The summed E-state index contributed by atoms with van der Waals surface area (Å²) in [6.07, 6.45) is 127. The first-order valence-electron chi connectivity index (χ1n) is 62.1. The van der Waals surface area contributed by atoms with E-state index in [0.29, 0.717) is 0 Å². The van der Waals surface area contributed by atoms with Crippen LogP contribution in [0.15, 0.2) is 0 Å². The second-order valence-electron chi connectivity index (χ2n) is 40.6. The SMILES string of the molecule is CCCCCCCCCCOP(OCCCCCCCCCC)OCCCCCCCCCC.CCCCCCCCCCOP(OCCCCCCCCCC)OCCCCCCCCCC.CCCCCCCCCCOP(OCCCCCCCCCC)OCCCCCCCCCC.CCCCCCCCCCOP(OCCCCCCCCCC)OCCCCCCCCCC.[Ni]. The molecular formula is C120H252NiO12P4. The predicted molar refractivity (Wildman–Crippen MR) is 610 cm³/mol. The Balaban J connectivity index is -0.000000564. The van der Waals surface area contributed by atoms with Crippen molar-refractivity contribution in [3.05, 3.63) is 0 Å². The van der Waals surface area contributed by atoms with Gasteiger partial charge in [0.25, 0.3) is 0 Å². The number of unbranched alkanes of at least 4 members (excludes halogenated alkanes) is 84. The standard InChI is InChI=1S/4C30H63O3P.Ni/c4*1-4-7-10-13-16-19-22-25-28-31-34(32-29-26-23-20-17-14-11-8-5-2)33-30-27-24-21-18-15-12-9-6-3;/h4*4-30H2,1-3H3;. The second kappa shape index (κ2) is 144. The van der Waals surface area contributed by atoms with Gasteiger partial charge in [0.15, 0.2) is 0 Å². The normalized spacial score (nSPS) is 11.6. The van der Waals surface area contributed by atoms with Gasteiger partial charge in [-0.25, -0.2) is 0 Å². The maximum absolute atomic E-state index is 6.05. The fourth-order valence-electron chi connectivity index (χ4n) is 16.9. The molecule has 0 saturated carbocycles. The third-order valence-corrected chi connectivity index (χ3v) is 31.1. The first-order chi connectivity index (χ1) is 67.4. The van der Waals surface area contributed by atoms with Crippen LogP contribution >= 0.6 is 34.4 Å². The summed E-state index contributed by atoms with van der Waals surface area (Å²) >= 11 is 0. The first-order valence-corrected chi connectivity index (χ1v) is 66.5. The van der Waals surface area contributed by atoms with E-state index in [4.69, 9.17) is 54.3 Å². The first kappa shape index (κ1) is 147. The van der Waals surface area contributed by atoms with Crippen molar-refractivity contribution >= 4 is 34.4 Å². The van der Waals surface area contributed by atoms with Crippen molar-refractivity contribution in [2.45, 2.75) is 699 Å². The predicted octanol–water partition coefficient (Wildman–Crippen LogP) is 46.7. The van der Waals surface area contributed by atoms with Crippen LogP contribution in [0.3, 0.4) is 0 Å². The fraction of sp³-hybridized carbons (Fsp3) is 1.00. The zero-order valence-corrected chi connectivity index (χ0v) is 99.9. The molecule has 0 amide bonds. The maximum atomic E-state index is 6.05. The van der Waals surface area contributed by atoms with Gasteiger partial charge in [-0.2, -0.15) is 0 Å². The van der Waals surface area contributed by atoms with Gasteiger partial charge in [0.05, 0.1) is 79.3 Å². The topological polar surface area (TPSA) is 111 Å². The van der Waals surface area contributed by atoms with Crippen LogP contribution in [0.2, 0.25) is 0 Å². The van der Waals surface area contributed by atoms with Crippen LogP contribution in [-0.2, 0) is 70.8 Å². The Morgan fingerprint density at radius 2 is 0.131 bits per heavy atom. The van der Waals surface area contributed by atoms with Crippen LogP contribution in [-0.4, -0.2) is 79.3 Å². The smallest absolute Gasteiger partial charge is 0.312 e. The second-order valence-corrected chi connectivity index (χ2v) is 45.5. The van der Waals surface area contributed by atoms with E-state index < -0.39 is 34.4 Å². The van der Waals surface area contributed by atoms with Crippen molar-refractivity contribution < 1.29 is 70.8 Å². The van der Waals surface area contributed by atoms with Crippen LogP contribution in [0.1, 0.15) is 699 Å². The molecule has 0 aromatic carbocycles. The molecule has 17 heteroatoms. The van der Waals surface area contributed by atoms with Crippen LogP contribution in [0.5, 0.6) is 0 Å². The van der Waals surface area contributed by atoms with Gasteiger partial charge in [0, 0.05) is 16.5 Å². The summed E-state index contributed by atoms with van der Waals surface area (Å²) in [6.45, 7) is 36.8. The van der Waals surface area contributed by atoms with E-state index >= 15 is 0 Å². The summed E-state index contributed by atoms with van der Waals surface area (Å²) in [5.74, 6) is 0. The molecule has 0 atom stereocenters. The Labute approximate surface area is 878 Å². The van der Waals surface area contributed by atoms with E-state index in [1.54, 1.807) is 0 Å². The van der Waals surface area contributed by atoms with E-state index in [0.717, 1.165) is 156 Å². The molecular weight excluding hydrogens is 1820 g/mol. The molecule has 0 spiro atoms. The van der Waals surface area contributed by atoms with Gasteiger partial charge < -0.3 is 54.3 Å². The van der Waals surface area contributed by atoms with E-state index in [-0.39, 0.29) is 16.5 Å². The Morgan fingerprint density at radius 1 is 0.0803 bits per heavy atom. The molecule has 0 unspecified atom stereocenters. The summed E-state index contributed by atoms with van der Waals surface area (Å²) in [4.78, 5) is 0. The third-order valence-electron chi connectivity index (χ3n) is 26.3.